The molecule has 1 spiro atoms. The molecular formula is C20H30O2. The number of rotatable bonds is 0. The number of Topliss-reactive ketones (excluding diaryl/α,β-unsaturated/α-hetero) is 1. The maximum Gasteiger partial charge on any atom is 0.160 e. The van der Waals surface area contributed by atoms with Gasteiger partial charge in [-0.05, 0) is 61.2 Å². The van der Waals surface area contributed by atoms with E-state index in [4.69, 9.17) is 0 Å². The highest BCUT2D eigenvalue weighted by molar-refractivity contribution is 6.05. The van der Waals surface area contributed by atoms with Gasteiger partial charge < -0.3 is 5.11 Å². The van der Waals surface area contributed by atoms with Gasteiger partial charge in [0.2, 0.25) is 0 Å². The lowest BCUT2D eigenvalue weighted by Crippen LogP contribution is -2.56. The zero-order valence-electron chi connectivity index (χ0n) is 14.7. The summed E-state index contributed by atoms with van der Waals surface area (Å²) in [6, 6.07) is 0. The summed E-state index contributed by atoms with van der Waals surface area (Å²) >= 11 is 0. The molecule has 0 radical (unpaired) electrons. The van der Waals surface area contributed by atoms with Gasteiger partial charge in [-0.1, -0.05) is 33.3 Å². The van der Waals surface area contributed by atoms with Gasteiger partial charge in [-0.3, -0.25) is 4.79 Å². The van der Waals surface area contributed by atoms with E-state index in [0.29, 0.717) is 23.5 Å². The first-order valence-electron chi connectivity index (χ1n) is 9.07. The number of fused-ring (bicyclic) bond motifs is 3. The lowest BCUT2D eigenvalue weighted by atomic mass is 9.45. The van der Waals surface area contributed by atoms with Crippen LogP contribution in [0.3, 0.4) is 0 Å². The van der Waals surface area contributed by atoms with Crippen LogP contribution in [0.25, 0.3) is 0 Å². The molecule has 0 unspecified atom stereocenters. The first-order valence-corrected chi connectivity index (χ1v) is 9.07. The fourth-order valence-corrected chi connectivity index (χ4v) is 7.74. The lowest BCUT2D eigenvalue weighted by Gasteiger charge is -2.59. The van der Waals surface area contributed by atoms with Crippen LogP contribution in [-0.2, 0) is 4.79 Å². The maximum absolute atomic E-state index is 12.3. The Balaban J connectivity index is 1.91. The van der Waals surface area contributed by atoms with Crippen molar-refractivity contribution >= 4 is 5.78 Å². The minimum absolute atomic E-state index is 0.0714. The van der Waals surface area contributed by atoms with E-state index in [1.807, 2.05) is 0 Å². The predicted molar refractivity (Wildman–Crippen MR) is 87.3 cm³/mol. The van der Waals surface area contributed by atoms with Gasteiger partial charge in [-0.15, -0.1) is 0 Å². The Morgan fingerprint density at radius 3 is 2.50 bits per heavy atom. The molecule has 122 valence electrons. The van der Waals surface area contributed by atoms with E-state index in [-0.39, 0.29) is 22.3 Å². The second kappa shape index (κ2) is 4.06. The van der Waals surface area contributed by atoms with Crippen LogP contribution in [0.5, 0.6) is 0 Å². The van der Waals surface area contributed by atoms with Crippen LogP contribution < -0.4 is 0 Å². The quantitative estimate of drug-likeness (QED) is 0.730. The number of carbonyl (C=O) groups excluding carboxylic acids is 1. The summed E-state index contributed by atoms with van der Waals surface area (Å²) in [6.45, 7) is 11.7. The van der Waals surface area contributed by atoms with E-state index in [9.17, 15) is 9.90 Å². The van der Waals surface area contributed by atoms with Crippen LogP contribution in [0.15, 0.2) is 11.1 Å². The molecule has 0 saturated heterocycles. The third kappa shape index (κ3) is 1.36. The minimum Gasteiger partial charge on any atom is -0.393 e. The molecule has 2 heteroatoms. The molecule has 4 aliphatic carbocycles. The minimum atomic E-state index is -0.157. The molecule has 0 amide bonds. The highest BCUT2D eigenvalue weighted by atomic mass is 16.3. The standard InChI is InChI=1S/C20H30O2/c1-11-6-7-20-12(2)8-14(21)13(18(20,3)4)9-16(20)19(5)10-15(22)17(11)19/h12-14,16,21H,6-10H2,1-5H3/t12-,13-,14+,16+,19+,20-/m1/s1. The summed E-state index contributed by atoms with van der Waals surface area (Å²) < 4.78 is 0. The van der Waals surface area contributed by atoms with E-state index in [1.54, 1.807) is 0 Å². The molecule has 1 N–H and O–H groups in total. The second-order valence-corrected chi connectivity index (χ2v) is 9.53. The van der Waals surface area contributed by atoms with Crippen molar-refractivity contribution in [2.45, 2.75) is 72.8 Å². The van der Waals surface area contributed by atoms with E-state index >= 15 is 0 Å². The number of aliphatic hydroxyl groups excluding tert-OH is 1. The molecule has 0 aromatic rings. The average Bonchev–Trinajstić information content (AvgIpc) is 2.49. The maximum atomic E-state index is 12.3. The van der Waals surface area contributed by atoms with Crippen molar-refractivity contribution in [3.63, 3.8) is 0 Å². The Morgan fingerprint density at radius 1 is 1.18 bits per heavy atom. The first-order chi connectivity index (χ1) is 10.2. The summed E-state index contributed by atoms with van der Waals surface area (Å²) in [4.78, 5) is 12.3. The lowest BCUT2D eigenvalue weighted by molar-refractivity contribution is -0.138. The van der Waals surface area contributed by atoms with Gasteiger partial charge in [0.1, 0.15) is 0 Å². The molecule has 22 heavy (non-hydrogen) atoms. The summed E-state index contributed by atoms with van der Waals surface area (Å²) in [5.74, 6) is 1.91. The van der Waals surface area contributed by atoms with Crippen LogP contribution in [0.1, 0.15) is 66.7 Å². The topological polar surface area (TPSA) is 37.3 Å². The number of ketones is 1. The highest BCUT2D eigenvalue weighted by Crippen LogP contribution is 2.76. The highest BCUT2D eigenvalue weighted by Gasteiger charge is 2.72. The molecule has 2 bridgehead atoms. The fourth-order valence-electron chi connectivity index (χ4n) is 7.74. The van der Waals surface area contributed by atoms with Gasteiger partial charge in [0, 0.05) is 17.4 Å². The molecule has 0 aromatic heterocycles. The third-order valence-electron chi connectivity index (χ3n) is 8.66. The first kappa shape index (κ1) is 14.9. The second-order valence-electron chi connectivity index (χ2n) is 9.53. The monoisotopic (exact) mass is 302 g/mol. The number of hydrogen-bond donors (Lipinski definition) is 1. The smallest absolute Gasteiger partial charge is 0.160 e. The Kier molecular flexibility index (Phi) is 2.76. The molecule has 6 atom stereocenters. The van der Waals surface area contributed by atoms with Crippen LogP contribution in [0.4, 0.5) is 0 Å². The number of hydrogen-bond acceptors (Lipinski definition) is 2. The van der Waals surface area contributed by atoms with Gasteiger partial charge in [0.05, 0.1) is 6.10 Å². The van der Waals surface area contributed by atoms with Crippen LogP contribution in [0, 0.1) is 34.0 Å². The van der Waals surface area contributed by atoms with Crippen molar-refractivity contribution in [2.24, 2.45) is 34.0 Å². The fraction of sp³-hybridized carbons (Fsp3) is 0.850. The van der Waals surface area contributed by atoms with Gasteiger partial charge in [0.15, 0.2) is 5.78 Å². The zero-order valence-corrected chi connectivity index (χ0v) is 14.7. The Hall–Kier alpha value is -0.630. The van der Waals surface area contributed by atoms with Crippen molar-refractivity contribution in [1.29, 1.82) is 0 Å². The summed E-state index contributed by atoms with van der Waals surface area (Å²) in [5, 5.41) is 10.7. The molecule has 0 aromatic carbocycles. The van der Waals surface area contributed by atoms with Gasteiger partial charge in [-0.2, -0.15) is 0 Å². The van der Waals surface area contributed by atoms with Gasteiger partial charge in [0.25, 0.3) is 0 Å². The third-order valence-corrected chi connectivity index (χ3v) is 8.66. The molecule has 2 nitrogen and oxygen atoms in total. The van der Waals surface area contributed by atoms with Crippen molar-refractivity contribution in [3.05, 3.63) is 11.1 Å². The average molecular weight is 302 g/mol. The van der Waals surface area contributed by atoms with Gasteiger partial charge >= 0.3 is 0 Å². The normalized spacial score (nSPS) is 52.7. The van der Waals surface area contributed by atoms with Crippen LogP contribution in [0.2, 0.25) is 0 Å². The largest absolute Gasteiger partial charge is 0.393 e. The van der Waals surface area contributed by atoms with Crippen LogP contribution in [-0.4, -0.2) is 17.0 Å². The van der Waals surface area contributed by atoms with Gasteiger partial charge in [-0.25, -0.2) is 0 Å². The Morgan fingerprint density at radius 2 is 1.86 bits per heavy atom. The van der Waals surface area contributed by atoms with E-state index in [1.165, 1.54) is 17.6 Å². The molecule has 3 saturated carbocycles. The molecule has 4 rings (SSSR count). The van der Waals surface area contributed by atoms with Crippen molar-refractivity contribution in [1.82, 2.24) is 0 Å². The summed E-state index contributed by atoms with van der Waals surface area (Å²) in [7, 11) is 0. The van der Waals surface area contributed by atoms with Crippen LogP contribution >= 0.6 is 0 Å². The SMILES string of the molecule is CC1=C2C(=O)C[C@@]2(C)[C@@H]2C[C@@H]3[C@@H](O)C[C@@H](C)[C@@]2(CC1)C3(C)C. The summed E-state index contributed by atoms with van der Waals surface area (Å²) in [6.07, 6.45) is 4.91. The Bertz CT molecular complexity index is 587. The van der Waals surface area contributed by atoms with Crippen molar-refractivity contribution in [2.75, 3.05) is 0 Å². The molecule has 4 aliphatic rings. The molecular weight excluding hydrogens is 272 g/mol. The van der Waals surface area contributed by atoms with E-state index in [2.05, 4.69) is 34.6 Å². The number of carbonyl (C=O) groups is 1. The number of allylic oxidation sites excluding steroid dienone is 2. The molecule has 0 heterocycles. The van der Waals surface area contributed by atoms with Crippen molar-refractivity contribution < 1.29 is 9.90 Å². The van der Waals surface area contributed by atoms with Crippen molar-refractivity contribution in [3.8, 4) is 0 Å². The predicted octanol–water partition coefficient (Wildman–Crippen LogP) is 4.13. The summed E-state index contributed by atoms with van der Waals surface area (Å²) in [5.41, 5.74) is 3.05. The Labute approximate surface area is 134 Å². The zero-order chi connectivity index (χ0) is 16.1. The number of aliphatic hydroxyl groups is 1. The molecule has 0 aliphatic heterocycles. The van der Waals surface area contributed by atoms with E-state index < -0.39 is 0 Å². The molecule has 3 fully saturated rings. The van der Waals surface area contributed by atoms with E-state index in [0.717, 1.165) is 25.7 Å².